The molecular formula is C17H30N2O3. The van der Waals surface area contributed by atoms with Crippen LogP contribution in [0.3, 0.4) is 0 Å². The summed E-state index contributed by atoms with van der Waals surface area (Å²) in [5.41, 5.74) is 0. The molecule has 3 saturated carbocycles. The quantitative estimate of drug-likeness (QED) is 0.681. The van der Waals surface area contributed by atoms with E-state index < -0.39 is 5.97 Å². The molecule has 22 heavy (non-hydrogen) atoms. The van der Waals surface area contributed by atoms with Gasteiger partial charge in [0.25, 0.3) is 0 Å². The minimum atomic E-state index is -0.690. The van der Waals surface area contributed by atoms with Crippen molar-refractivity contribution in [3.63, 3.8) is 0 Å². The summed E-state index contributed by atoms with van der Waals surface area (Å²) in [5.74, 6) is 0.0664. The van der Waals surface area contributed by atoms with Gasteiger partial charge in [-0.2, -0.15) is 0 Å². The Bertz CT molecular complexity index is 385. The van der Waals surface area contributed by atoms with Crippen LogP contribution in [0.15, 0.2) is 0 Å². The molecule has 126 valence electrons. The summed E-state index contributed by atoms with van der Waals surface area (Å²) in [7, 11) is 0. The Hall–Kier alpha value is -0.650. The van der Waals surface area contributed by atoms with Gasteiger partial charge in [0.1, 0.15) is 0 Å². The highest BCUT2D eigenvalue weighted by Crippen LogP contribution is 2.35. The van der Waals surface area contributed by atoms with Crippen LogP contribution in [0.25, 0.3) is 0 Å². The molecule has 0 aromatic heterocycles. The molecule has 0 aliphatic heterocycles. The molecule has 0 saturated heterocycles. The van der Waals surface area contributed by atoms with Crippen LogP contribution in [-0.2, 0) is 9.53 Å². The summed E-state index contributed by atoms with van der Waals surface area (Å²) in [4.78, 5) is 13.2. The Morgan fingerprint density at radius 2 is 1.86 bits per heavy atom. The molecule has 0 bridgehead atoms. The fraction of sp³-hybridized carbons (Fsp3) is 0.941. The van der Waals surface area contributed by atoms with Crippen LogP contribution in [0.2, 0.25) is 0 Å². The van der Waals surface area contributed by atoms with Gasteiger partial charge in [-0.25, -0.2) is 0 Å². The predicted octanol–water partition coefficient (Wildman–Crippen LogP) is 1.86. The van der Waals surface area contributed by atoms with E-state index >= 15 is 0 Å². The van der Waals surface area contributed by atoms with Crippen molar-refractivity contribution < 1.29 is 14.6 Å². The largest absolute Gasteiger partial charge is 0.480 e. The van der Waals surface area contributed by atoms with E-state index in [1.165, 1.54) is 12.8 Å². The number of hydrogen-bond acceptors (Lipinski definition) is 4. The summed E-state index contributed by atoms with van der Waals surface area (Å²) >= 11 is 0. The van der Waals surface area contributed by atoms with Gasteiger partial charge in [0.05, 0.1) is 18.8 Å². The average Bonchev–Trinajstić information content (AvgIpc) is 3.11. The molecule has 0 aromatic carbocycles. The third-order valence-electron chi connectivity index (χ3n) is 5.19. The summed E-state index contributed by atoms with van der Waals surface area (Å²) in [6.45, 7) is 5.38. The van der Waals surface area contributed by atoms with Crippen LogP contribution >= 0.6 is 0 Å². The molecule has 0 aromatic rings. The number of nitrogens with zero attached hydrogens (tertiary/aromatic N) is 1. The number of rotatable bonds is 9. The van der Waals surface area contributed by atoms with E-state index in [-0.39, 0.29) is 6.54 Å². The molecule has 5 heteroatoms. The van der Waals surface area contributed by atoms with E-state index in [0.717, 1.165) is 38.1 Å². The Labute approximate surface area is 133 Å². The summed E-state index contributed by atoms with van der Waals surface area (Å²) in [6, 6.07) is 1.65. The molecule has 0 atom stereocenters. The smallest absolute Gasteiger partial charge is 0.317 e. The predicted molar refractivity (Wildman–Crippen MR) is 84.9 cm³/mol. The average molecular weight is 310 g/mol. The van der Waals surface area contributed by atoms with Crippen molar-refractivity contribution in [1.82, 2.24) is 10.2 Å². The van der Waals surface area contributed by atoms with Crippen LogP contribution in [0.4, 0.5) is 0 Å². The molecule has 3 rings (SSSR count). The first-order valence-corrected chi connectivity index (χ1v) is 8.87. The first-order chi connectivity index (χ1) is 10.5. The maximum absolute atomic E-state index is 11.0. The highest BCUT2D eigenvalue weighted by atomic mass is 16.5. The van der Waals surface area contributed by atoms with Crippen molar-refractivity contribution in [2.45, 2.75) is 82.7 Å². The van der Waals surface area contributed by atoms with Gasteiger partial charge in [0.2, 0.25) is 0 Å². The van der Waals surface area contributed by atoms with Crippen LogP contribution in [0.5, 0.6) is 0 Å². The summed E-state index contributed by atoms with van der Waals surface area (Å²) in [5, 5.41) is 12.8. The normalized spacial score (nSPS) is 34.5. The maximum atomic E-state index is 11.0. The molecule has 0 heterocycles. The molecule has 0 amide bonds. The standard InChI is InChI=1S/C17H30N2O3/c1-11(2)22-16-7-14(8-16)18-13-5-15(6-13)19(10-17(20)21)9-12-3-4-12/h11-16,18H,3-10H2,1-2H3,(H,20,21). The number of carbonyl (C=O) groups is 1. The van der Waals surface area contributed by atoms with Crippen LogP contribution < -0.4 is 5.32 Å². The number of hydrogen-bond donors (Lipinski definition) is 2. The van der Waals surface area contributed by atoms with Gasteiger partial charge >= 0.3 is 5.97 Å². The SMILES string of the molecule is CC(C)OC1CC(NC2CC(N(CC(=O)O)CC3CC3)C2)C1. The van der Waals surface area contributed by atoms with Crippen molar-refractivity contribution in [3.05, 3.63) is 0 Å². The summed E-state index contributed by atoms with van der Waals surface area (Å²) < 4.78 is 5.79. The van der Waals surface area contributed by atoms with E-state index in [1.807, 2.05) is 0 Å². The van der Waals surface area contributed by atoms with Gasteiger partial charge in [-0.1, -0.05) is 0 Å². The molecule has 0 spiro atoms. The van der Waals surface area contributed by atoms with Crippen molar-refractivity contribution in [2.75, 3.05) is 13.1 Å². The van der Waals surface area contributed by atoms with Crippen molar-refractivity contribution in [2.24, 2.45) is 5.92 Å². The first kappa shape index (κ1) is 16.2. The van der Waals surface area contributed by atoms with Gasteiger partial charge in [-0.05, 0) is 58.3 Å². The molecule has 0 radical (unpaired) electrons. The van der Waals surface area contributed by atoms with Crippen molar-refractivity contribution in [3.8, 4) is 0 Å². The Balaban J connectivity index is 1.33. The number of carboxylic acids is 1. The van der Waals surface area contributed by atoms with Gasteiger partial charge < -0.3 is 15.2 Å². The third kappa shape index (κ3) is 4.43. The fourth-order valence-corrected chi connectivity index (χ4v) is 3.70. The zero-order valence-corrected chi connectivity index (χ0v) is 13.8. The Morgan fingerprint density at radius 1 is 1.23 bits per heavy atom. The van der Waals surface area contributed by atoms with Gasteiger partial charge in [0, 0.05) is 24.7 Å². The molecule has 3 aliphatic rings. The second-order valence-electron chi connectivity index (χ2n) is 7.73. The lowest BCUT2D eigenvalue weighted by atomic mass is 9.81. The number of carboxylic acid groups (broad SMARTS) is 1. The topological polar surface area (TPSA) is 61.8 Å². The zero-order valence-electron chi connectivity index (χ0n) is 13.8. The molecule has 5 nitrogen and oxygen atoms in total. The lowest BCUT2D eigenvalue weighted by molar-refractivity contribution is -0.139. The second kappa shape index (κ2) is 6.85. The molecule has 0 unspecified atom stereocenters. The molecule has 3 fully saturated rings. The molecular weight excluding hydrogens is 280 g/mol. The third-order valence-corrected chi connectivity index (χ3v) is 5.19. The number of nitrogens with one attached hydrogen (secondary N) is 1. The van der Waals surface area contributed by atoms with Crippen LogP contribution in [-0.4, -0.2) is 59.4 Å². The lowest BCUT2D eigenvalue weighted by Crippen LogP contribution is -2.58. The maximum Gasteiger partial charge on any atom is 0.317 e. The van der Waals surface area contributed by atoms with Crippen molar-refractivity contribution >= 4 is 5.97 Å². The fourth-order valence-electron chi connectivity index (χ4n) is 3.70. The van der Waals surface area contributed by atoms with Gasteiger partial charge in [0.15, 0.2) is 0 Å². The summed E-state index contributed by atoms with van der Waals surface area (Å²) in [6.07, 6.45) is 7.78. The number of ether oxygens (including phenoxy) is 1. The van der Waals surface area contributed by atoms with Crippen LogP contribution in [0, 0.1) is 5.92 Å². The first-order valence-electron chi connectivity index (χ1n) is 8.87. The van der Waals surface area contributed by atoms with Gasteiger partial charge in [-0.15, -0.1) is 0 Å². The van der Waals surface area contributed by atoms with E-state index in [4.69, 9.17) is 9.84 Å². The van der Waals surface area contributed by atoms with E-state index in [1.54, 1.807) is 0 Å². The minimum absolute atomic E-state index is 0.210. The van der Waals surface area contributed by atoms with E-state index in [2.05, 4.69) is 24.1 Å². The number of aliphatic carboxylic acids is 1. The highest BCUT2D eigenvalue weighted by Gasteiger charge is 2.40. The Kier molecular flexibility index (Phi) is 5.05. The van der Waals surface area contributed by atoms with Crippen LogP contribution in [0.1, 0.15) is 52.4 Å². The van der Waals surface area contributed by atoms with E-state index in [9.17, 15) is 4.79 Å². The lowest BCUT2D eigenvalue weighted by Gasteiger charge is -2.47. The molecule has 2 N–H and O–H groups in total. The Morgan fingerprint density at radius 3 is 2.41 bits per heavy atom. The van der Waals surface area contributed by atoms with Gasteiger partial charge in [-0.3, -0.25) is 9.69 Å². The van der Waals surface area contributed by atoms with Crippen molar-refractivity contribution in [1.29, 1.82) is 0 Å². The monoisotopic (exact) mass is 310 g/mol. The van der Waals surface area contributed by atoms with E-state index in [0.29, 0.717) is 30.3 Å². The zero-order chi connectivity index (χ0) is 15.7. The minimum Gasteiger partial charge on any atom is -0.480 e. The second-order valence-corrected chi connectivity index (χ2v) is 7.73. The molecule has 3 aliphatic carbocycles. The highest BCUT2D eigenvalue weighted by molar-refractivity contribution is 5.69.